The van der Waals surface area contributed by atoms with Crippen LogP contribution < -0.4 is 5.32 Å². The minimum atomic E-state index is -4.47. The highest BCUT2D eigenvalue weighted by Crippen LogP contribution is 2.44. The highest BCUT2D eigenvalue weighted by molar-refractivity contribution is 7.91. The number of hydrogen-bond donors (Lipinski definition) is 2. The molecule has 0 radical (unpaired) electrons. The summed E-state index contributed by atoms with van der Waals surface area (Å²) in [5.74, 6) is -3.50. The van der Waals surface area contributed by atoms with Crippen LogP contribution in [0.15, 0.2) is 40.1 Å². The molecule has 1 saturated heterocycles. The molecule has 2 unspecified atom stereocenters. The van der Waals surface area contributed by atoms with Crippen LogP contribution in [0.2, 0.25) is 0 Å². The number of fused-ring (bicyclic) bond motifs is 6. The lowest BCUT2D eigenvalue weighted by Crippen LogP contribution is -2.32. The molecule has 1 fully saturated rings. The number of nitrogens with zero attached hydrogens (tertiary/aromatic N) is 1. The quantitative estimate of drug-likeness (QED) is 0.663. The summed E-state index contributed by atoms with van der Waals surface area (Å²) in [5, 5.41) is 13.9. The Labute approximate surface area is 171 Å². The van der Waals surface area contributed by atoms with E-state index in [1.54, 1.807) is 6.07 Å². The first-order chi connectivity index (χ1) is 14.2. The van der Waals surface area contributed by atoms with Gasteiger partial charge in [0.05, 0.1) is 15.4 Å². The fraction of sp³-hybridized carbons (Fsp3) is 0.286. The number of nitrogens with one attached hydrogen (secondary N) is 1. The Kier molecular flexibility index (Phi) is 4.07. The van der Waals surface area contributed by atoms with Crippen LogP contribution in [0.5, 0.6) is 0 Å². The molecule has 6 nitrogen and oxygen atoms in total. The van der Waals surface area contributed by atoms with Gasteiger partial charge in [-0.1, -0.05) is 0 Å². The first kappa shape index (κ1) is 19.2. The van der Waals surface area contributed by atoms with Crippen LogP contribution in [0.4, 0.5) is 8.78 Å². The maximum absolute atomic E-state index is 13.7. The number of hydrogen-bond acceptors (Lipinski definition) is 4. The normalized spacial score (nSPS) is 20.5. The predicted octanol–water partition coefficient (Wildman–Crippen LogP) is 3.34. The molecule has 3 aromatic rings. The van der Waals surface area contributed by atoms with Gasteiger partial charge in [-0.3, -0.25) is 0 Å². The molecule has 0 spiro atoms. The number of rotatable bonds is 3. The van der Waals surface area contributed by atoms with Gasteiger partial charge >= 0.3 is 5.97 Å². The predicted molar refractivity (Wildman–Crippen MR) is 104 cm³/mol. The molecule has 9 heteroatoms. The van der Waals surface area contributed by atoms with Gasteiger partial charge in [-0.05, 0) is 42.7 Å². The van der Waals surface area contributed by atoms with Crippen molar-refractivity contribution < 1.29 is 27.1 Å². The van der Waals surface area contributed by atoms with Crippen molar-refractivity contribution in [3.8, 4) is 0 Å². The van der Waals surface area contributed by atoms with Crippen molar-refractivity contribution in [2.24, 2.45) is 7.05 Å². The Morgan fingerprint density at radius 1 is 1.17 bits per heavy atom. The van der Waals surface area contributed by atoms with E-state index in [1.807, 2.05) is 11.6 Å². The molecule has 2 bridgehead atoms. The highest BCUT2D eigenvalue weighted by Gasteiger charge is 2.38. The summed E-state index contributed by atoms with van der Waals surface area (Å²) in [5.41, 5.74) is 2.06. The lowest BCUT2D eigenvalue weighted by molar-refractivity contribution is 0.0695. The molecule has 30 heavy (non-hydrogen) atoms. The van der Waals surface area contributed by atoms with Crippen molar-refractivity contribution >= 4 is 26.7 Å². The molecular weight excluding hydrogens is 414 g/mol. The highest BCUT2D eigenvalue weighted by atomic mass is 32.2. The first-order valence-electron chi connectivity index (χ1n) is 9.53. The fourth-order valence-corrected chi connectivity index (χ4v) is 6.40. The number of halogens is 2. The molecule has 2 aliphatic heterocycles. The summed E-state index contributed by atoms with van der Waals surface area (Å²) in [7, 11) is -2.63. The van der Waals surface area contributed by atoms with E-state index in [0.29, 0.717) is 35.1 Å². The van der Waals surface area contributed by atoms with Crippen LogP contribution in [0.25, 0.3) is 10.9 Å². The van der Waals surface area contributed by atoms with E-state index in [0.717, 1.165) is 30.5 Å². The van der Waals surface area contributed by atoms with E-state index in [2.05, 4.69) is 5.32 Å². The van der Waals surface area contributed by atoms with Gasteiger partial charge in [-0.25, -0.2) is 22.0 Å². The maximum Gasteiger partial charge on any atom is 0.337 e. The van der Waals surface area contributed by atoms with Crippen molar-refractivity contribution in [2.45, 2.75) is 41.1 Å². The van der Waals surface area contributed by atoms with Gasteiger partial charge in [0.15, 0.2) is 0 Å². The van der Waals surface area contributed by atoms with Gasteiger partial charge in [0.2, 0.25) is 9.84 Å². The van der Waals surface area contributed by atoms with Crippen LogP contribution in [0, 0.1) is 11.6 Å². The van der Waals surface area contributed by atoms with Crippen LogP contribution in [-0.2, 0) is 23.3 Å². The van der Waals surface area contributed by atoms with E-state index in [9.17, 15) is 27.1 Å². The van der Waals surface area contributed by atoms with Crippen molar-refractivity contribution in [1.29, 1.82) is 0 Å². The third kappa shape index (κ3) is 2.61. The molecule has 2 atom stereocenters. The Morgan fingerprint density at radius 3 is 2.53 bits per heavy atom. The Balaban J connectivity index is 1.85. The smallest absolute Gasteiger partial charge is 0.337 e. The van der Waals surface area contributed by atoms with Crippen LogP contribution in [-0.4, -0.2) is 30.1 Å². The van der Waals surface area contributed by atoms with Crippen molar-refractivity contribution in [3.05, 3.63) is 58.8 Å². The number of aromatic nitrogens is 1. The summed E-state index contributed by atoms with van der Waals surface area (Å²) in [6.45, 7) is 0. The van der Waals surface area contributed by atoms with E-state index < -0.39 is 37.2 Å². The van der Waals surface area contributed by atoms with Crippen LogP contribution in [0.3, 0.4) is 0 Å². The largest absolute Gasteiger partial charge is 0.478 e. The summed E-state index contributed by atoms with van der Waals surface area (Å²) < 4.78 is 55.7. The number of carboxylic acid groups (broad SMARTS) is 1. The summed E-state index contributed by atoms with van der Waals surface area (Å²) in [6, 6.07) is 4.99. The topological polar surface area (TPSA) is 88.4 Å². The van der Waals surface area contributed by atoms with Crippen molar-refractivity contribution in [1.82, 2.24) is 9.88 Å². The molecule has 2 aliphatic rings. The zero-order chi connectivity index (χ0) is 21.4. The standard InChI is InChI=1S/C21H18F2N2O4S/c1-25-15-4-5-17(30(28,29)13-7-10(22)6-11(23)8-13)20(21(26)27)19(15)18-14-3-2-12(24-14)9-16(18)25/h4-8,12,14,24H,2-3,9H2,1H3,(H,26,27). The van der Waals surface area contributed by atoms with Gasteiger partial charge in [0.25, 0.3) is 0 Å². The van der Waals surface area contributed by atoms with Gasteiger partial charge < -0.3 is 15.0 Å². The Bertz CT molecular complexity index is 1330. The zero-order valence-corrected chi connectivity index (χ0v) is 16.8. The Hall–Kier alpha value is -2.78. The second-order valence-electron chi connectivity index (χ2n) is 7.86. The van der Waals surface area contributed by atoms with E-state index in [-0.39, 0.29) is 11.6 Å². The minimum Gasteiger partial charge on any atom is -0.478 e. The molecule has 0 aliphatic carbocycles. The van der Waals surface area contributed by atoms with Gasteiger partial charge in [-0.2, -0.15) is 0 Å². The Morgan fingerprint density at radius 2 is 1.87 bits per heavy atom. The third-order valence-corrected chi connectivity index (χ3v) is 7.95. The van der Waals surface area contributed by atoms with Crippen LogP contribution >= 0.6 is 0 Å². The molecule has 0 saturated carbocycles. The number of carbonyl (C=O) groups is 1. The summed E-state index contributed by atoms with van der Waals surface area (Å²) >= 11 is 0. The second-order valence-corrected chi connectivity index (χ2v) is 9.78. The second kappa shape index (κ2) is 6.36. The molecule has 0 amide bonds. The monoisotopic (exact) mass is 432 g/mol. The molecule has 5 rings (SSSR count). The third-order valence-electron chi connectivity index (χ3n) is 6.17. The fourth-order valence-electron chi connectivity index (χ4n) is 4.91. The number of aromatic carboxylic acids is 1. The number of benzene rings is 2. The maximum atomic E-state index is 13.7. The number of aryl methyl sites for hydroxylation is 1. The van der Waals surface area contributed by atoms with Crippen molar-refractivity contribution in [2.75, 3.05) is 0 Å². The molecule has 1 aromatic heterocycles. The zero-order valence-electron chi connectivity index (χ0n) is 15.9. The van der Waals surface area contributed by atoms with E-state index >= 15 is 0 Å². The van der Waals surface area contributed by atoms with Gasteiger partial charge in [0, 0.05) is 48.2 Å². The molecular formula is C21H18F2N2O4S. The minimum absolute atomic E-state index is 0.0508. The molecule has 2 N–H and O–H groups in total. The molecule has 2 aromatic carbocycles. The van der Waals surface area contributed by atoms with E-state index in [4.69, 9.17) is 0 Å². The number of sulfone groups is 1. The lowest BCUT2D eigenvalue weighted by atomic mass is 9.96. The average molecular weight is 432 g/mol. The molecule has 156 valence electrons. The first-order valence-corrected chi connectivity index (χ1v) is 11.0. The summed E-state index contributed by atoms with van der Waals surface area (Å²) in [6.07, 6.45) is 2.53. The average Bonchev–Trinajstić information content (AvgIpc) is 3.19. The van der Waals surface area contributed by atoms with E-state index in [1.165, 1.54) is 6.07 Å². The number of carboxylic acids is 1. The molecule has 3 heterocycles. The van der Waals surface area contributed by atoms with Gasteiger partial charge in [-0.15, -0.1) is 0 Å². The summed E-state index contributed by atoms with van der Waals surface area (Å²) in [4.78, 5) is 11.2. The SMILES string of the molecule is Cn1c2c(c3c(C(=O)O)c(S(=O)(=O)c4cc(F)cc(F)c4)ccc31)C1CCC(C2)N1. The van der Waals surface area contributed by atoms with Crippen LogP contribution in [0.1, 0.15) is 40.5 Å². The van der Waals surface area contributed by atoms with Crippen molar-refractivity contribution in [3.63, 3.8) is 0 Å². The lowest BCUT2D eigenvalue weighted by Gasteiger charge is -2.23. The van der Waals surface area contributed by atoms with Gasteiger partial charge in [0.1, 0.15) is 11.6 Å².